The number of methoxy groups -OCH3 is 1. The highest BCUT2D eigenvalue weighted by Crippen LogP contribution is 2.27. The summed E-state index contributed by atoms with van der Waals surface area (Å²) in [7, 11) is 1.58. The van der Waals surface area contributed by atoms with Gasteiger partial charge in [0.1, 0.15) is 5.75 Å². The smallest absolute Gasteiger partial charge is 0.358 e. The van der Waals surface area contributed by atoms with Crippen LogP contribution in [-0.2, 0) is 0 Å². The van der Waals surface area contributed by atoms with Crippen LogP contribution >= 0.6 is 0 Å². The molecule has 0 atom stereocenters. The first-order valence-electron chi connectivity index (χ1n) is 4.97. The first-order valence-corrected chi connectivity index (χ1v) is 4.97. The van der Waals surface area contributed by atoms with E-state index in [2.05, 4.69) is 5.16 Å². The highest BCUT2D eigenvalue weighted by molar-refractivity contribution is 5.88. The predicted molar refractivity (Wildman–Crippen MR) is 60.2 cm³/mol. The topological polar surface area (TPSA) is 72.6 Å². The molecule has 0 unspecified atom stereocenters. The number of aromatic carboxylic acids is 1. The first kappa shape index (κ1) is 11.2. The van der Waals surface area contributed by atoms with Crippen LogP contribution in [0, 0.1) is 6.92 Å². The molecule has 1 aromatic carbocycles. The summed E-state index contributed by atoms with van der Waals surface area (Å²) in [5.41, 5.74) is 1.22. The lowest BCUT2D eigenvalue weighted by atomic mass is 10.1. The average molecular weight is 233 g/mol. The second-order valence-corrected chi connectivity index (χ2v) is 3.52. The Hall–Kier alpha value is -2.30. The minimum Gasteiger partial charge on any atom is -0.497 e. The van der Waals surface area contributed by atoms with E-state index in [1.54, 1.807) is 38.3 Å². The maximum absolute atomic E-state index is 10.8. The molecule has 0 fully saturated rings. The summed E-state index contributed by atoms with van der Waals surface area (Å²) >= 11 is 0. The molecule has 0 aliphatic rings. The first-order chi connectivity index (χ1) is 8.13. The number of aromatic nitrogens is 1. The minimum absolute atomic E-state index is 0.0594. The molecule has 1 heterocycles. The van der Waals surface area contributed by atoms with Crippen molar-refractivity contribution in [2.24, 2.45) is 0 Å². The Morgan fingerprint density at radius 1 is 1.35 bits per heavy atom. The van der Waals surface area contributed by atoms with E-state index < -0.39 is 5.97 Å². The molecule has 0 radical (unpaired) electrons. The van der Waals surface area contributed by atoms with Crippen LogP contribution in [0.25, 0.3) is 11.3 Å². The summed E-state index contributed by atoms with van der Waals surface area (Å²) in [4.78, 5) is 10.8. The standard InChI is InChI=1S/C12H11NO4/c1-7-10(12(14)15)13-17-11(7)8-3-5-9(16-2)6-4-8/h3-6H,1-2H3,(H,14,15). The Morgan fingerprint density at radius 3 is 2.47 bits per heavy atom. The molecule has 1 N–H and O–H groups in total. The number of nitrogens with zero attached hydrogens (tertiary/aromatic N) is 1. The molecule has 17 heavy (non-hydrogen) atoms. The molecular weight excluding hydrogens is 222 g/mol. The van der Waals surface area contributed by atoms with Crippen LogP contribution in [0.1, 0.15) is 16.1 Å². The predicted octanol–water partition coefficient (Wildman–Crippen LogP) is 2.36. The van der Waals surface area contributed by atoms with Gasteiger partial charge in [0, 0.05) is 11.1 Å². The molecule has 0 aliphatic carbocycles. The van der Waals surface area contributed by atoms with E-state index in [0.717, 1.165) is 11.3 Å². The van der Waals surface area contributed by atoms with Gasteiger partial charge in [0.05, 0.1) is 7.11 Å². The third-order valence-electron chi connectivity index (χ3n) is 2.48. The molecule has 88 valence electrons. The van der Waals surface area contributed by atoms with Gasteiger partial charge in [0.2, 0.25) is 0 Å². The maximum Gasteiger partial charge on any atom is 0.358 e. The van der Waals surface area contributed by atoms with Gasteiger partial charge < -0.3 is 14.4 Å². The third-order valence-corrected chi connectivity index (χ3v) is 2.48. The molecule has 1 aromatic heterocycles. The molecule has 0 spiro atoms. The Bertz CT molecular complexity index is 542. The fourth-order valence-electron chi connectivity index (χ4n) is 1.55. The van der Waals surface area contributed by atoms with Crippen molar-refractivity contribution in [1.82, 2.24) is 5.16 Å². The van der Waals surface area contributed by atoms with Crippen molar-refractivity contribution < 1.29 is 19.2 Å². The lowest BCUT2D eigenvalue weighted by Gasteiger charge is -2.00. The number of ether oxygens (including phenoxy) is 1. The number of benzene rings is 1. The van der Waals surface area contributed by atoms with E-state index in [4.69, 9.17) is 14.4 Å². The van der Waals surface area contributed by atoms with Crippen molar-refractivity contribution in [1.29, 1.82) is 0 Å². The number of carboxylic acids is 1. The van der Waals surface area contributed by atoms with Gasteiger partial charge in [-0.25, -0.2) is 4.79 Å². The van der Waals surface area contributed by atoms with E-state index in [1.807, 2.05) is 0 Å². The van der Waals surface area contributed by atoms with Crippen LogP contribution in [0.2, 0.25) is 0 Å². The molecule has 0 saturated carbocycles. The number of carboxylic acid groups (broad SMARTS) is 1. The van der Waals surface area contributed by atoms with E-state index in [-0.39, 0.29) is 5.69 Å². The zero-order valence-electron chi connectivity index (χ0n) is 9.43. The van der Waals surface area contributed by atoms with Crippen molar-refractivity contribution in [2.75, 3.05) is 7.11 Å². The summed E-state index contributed by atoms with van der Waals surface area (Å²) < 4.78 is 10.1. The number of hydrogen-bond acceptors (Lipinski definition) is 4. The highest BCUT2D eigenvalue weighted by Gasteiger charge is 2.18. The van der Waals surface area contributed by atoms with Gasteiger partial charge >= 0.3 is 5.97 Å². The number of rotatable bonds is 3. The Morgan fingerprint density at radius 2 is 2.00 bits per heavy atom. The summed E-state index contributed by atoms with van der Waals surface area (Å²) in [6.07, 6.45) is 0. The van der Waals surface area contributed by atoms with Gasteiger partial charge in [-0.15, -0.1) is 0 Å². The normalized spacial score (nSPS) is 10.2. The summed E-state index contributed by atoms with van der Waals surface area (Å²) in [6, 6.07) is 7.13. The maximum atomic E-state index is 10.8. The second kappa shape index (κ2) is 4.29. The van der Waals surface area contributed by atoms with E-state index in [9.17, 15) is 4.79 Å². The van der Waals surface area contributed by atoms with Gasteiger partial charge in [-0.1, -0.05) is 5.16 Å². The molecule has 0 amide bonds. The Kier molecular flexibility index (Phi) is 2.82. The molecule has 5 heteroatoms. The van der Waals surface area contributed by atoms with Crippen molar-refractivity contribution in [3.05, 3.63) is 35.5 Å². The van der Waals surface area contributed by atoms with Crippen molar-refractivity contribution in [3.63, 3.8) is 0 Å². The molecule has 2 rings (SSSR count). The van der Waals surface area contributed by atoms with E-state index >= 15 is 0 Å². The number of carbonyl (C=O) groups is 1. The fraction of sp³-hybridized carbons (Fsp3) is 0.167. The highest BCUT2D eigenvalue weighted by atomic mass is 16.5. The van der Waals surface area contributed by atoms with Crippen LogP contribution in [0.3, 0.4) is 0 Å². The largest absolute Gasteiger partial charge is 0.497 e. The Labute approximate surface area is 97.6 Å². The molecule has 5 nitrogen and oxygen atoms in total. The average Bonchev–Trinajstić information content (AvgIpc) is 2.71. The quantitative estimate of drug-likeness (QED) is 0.880. The molecule has 0 saturated heterocycles. The summed E-state index contributed by atoms with van der Waals surface area (Å²) in [5, 5.41) is 12.4. The van der Waals surface area contributed by atoms with E-state index in [0.29, 0.717) is 11.3 Å². The molecular formula is C12H11NO4. The van der Waals surface area contributed by atoms with Crippen LogP contribution in [-0.4, -0.2) is 23.3 Å². The van der Waals surface area contributed by atoms with Crippen molar-refractivity contribution in [3.8, 4) is 17.1 Å². The zero-order chi connectivity index (χ0) is 12.4. The fourth-order valence-corrected chi connectivity index (χ4v) is 1.55. The van der Waals surface area contributed by atoms with Crippen molar-refractivity contribution in [2.45, 2.75) is 6.92 Å². The van der Waals surface area contributed by atoms with Crippen molar-refractivity contribution >= 4 is 5.97 Å². The second-order valence-electron chi connectivity index (χ2n) is 3.52. The third kappa shape index (κ3) is 1.99. The van der Waals surface area contributed by atoms with Crippen LogP contribution in [0.4, 0.5) is 0 Å². The molecule has 2 aromatic rings. The van der Waals surface area contributed by atoms with Gasteiger partial charge in [0.15, 0.2) is 11.5 Å². The zero-order valence-corrected chi connectivity index (χ0v) is 9.43. The van der Waals surface area contributed by atoms with Gasteiger partial charge in [0.25, 0.3) is 0 Å². The molecule has 0 aliphatic heterocycles. The van der Waals surface area contributed by atoms with Crippen LogP contribution in [0.15, 0.2) is 28.8 Å². The van der Waals surface area contributed by atoms with Gasteiger partial charge in [-0.2, -0.15) is 0 Å². The summed E-state index contributed by atoms with van der Waals surface area (Å²) in [6.45, 7) is 1.67. The lowest BCUT2D eigenvalue weighted by molar-refractivity contribution is 0.0685. The summed E-state index contributed by atoms with van der Waals surface area (Å²) in [5.74, 6) is 0.0976. The van der Waals surface area contributed by atoms with Crippen LogP contribution in [0.5, 0.6) is 5.75 Å². The van der Waals surface area contributed by atoms with E-state index in [1.165, 1.54) is 0 Å². The lowest BCUT2D eigenvalue weighted by Crippen LogP contribution is -1.98. The monoisotopic (exact) mass is 233 g/mol. The Balaban J connectivity index is 2.42. The minimum atomic E-state index is -1.09. The SMILES string of the molecule is COc1ccc(-c2onc(C(=O)O)c2C)cc1. The molecule has 0 bridgehead atoms. The number of hydrogen-bond donors (Lipinski definition) is 1. The van der Waals surface area contributed by atoms with Gasteiger partial charge in [-0.05, 0) is 31.2 Å². The van der Waals surface area contributed by atoms with Gasteiger partial charge in [-0.3, -0.25) is 0 Å². The van der Waals surface area contributed by atoms with Crippen LogP contribution < -0.4 is 4.74 Å².